The third-order valence-electron chi connectivity index (χ3n) is 4.21. The van der Waals surface area contributed by atoms with Crippen LogP contribution in [-0.4, -0.2) is 26.6 Å². The van der Waals surface area contributed by atoms with Crippen molar-refractivity contribution in [3.8, 4) is 11.3 Å². The molecule has 30 heavy (non-hydrogen) atoms. The van der Waals surface area contributed by atoms with E-state index in [1.165, 1.54) is 0 Å². The lowest BCUT2D eigenvalue weighted by Gasteiger charge is -2.20. The highest BCUT2D eigenvalue weighted by Crippen LogP contribution is 2.20. The minimum Gasteiger partial charge on any atom is -0.444 e. The molecular formula is C23H27N5O2. The number of benzene rings is 1. The zero-order valence-electron chi connectivity index (χ0n) is 17.8. The van der Waals surface area contributed by atoms with Crippen molar-refractivity contribution in [2.45, 2.75) is 46.4 Å². The molecule has 0 aliphatic carbocycles. The van der Waals surface area contributed by atoms with E-state index in [0.29, 0.717) is 18.9 Å². The lowest BCUT2D eigenvalue weighted by molar-refractivity contribution is 0.0523. The Labute approximate surface area is 176 Å². The van der Waals surface area contributed by atoms with E-state index in [1.807, 2.05) is 70.2 Å². The molecule has 0 bridgehead atoms. The summed E-state index contributed by atoms with van der Waals surface area (Å²) in [7, 11) is 0. The third-order valence-corrected chi connectivity index (χ3v) is 4.21. The largest absolute Gasteiger partial charge is 0.444 e. The second-order valence-electron chi connectivity index (χ2n) is 7.90. The highest BCUT2D eigenvalue weighted by Gasteiger charge is 2.16. The summed E-state index contributed by atoms with van der Waals surface area (Å²) in [6, 6.07) is 13.7. The average Bonchev–Trinajstić information content (AvgIpc) is 2.70. The molecule has 0 radical (unpaired) electrons. The van der Waals surface area contributed by atoms with Crippen LogP contribution in [-0.2, 0) is 17.8 Å². The molecule has 156 valence electrons. The third kappa shape index (κ3) is 6.27. The Morgan fingerprint density at radius 1 is 1.00 bits per heavy atom. The molecule has 3 aromatic rings. The van der Waals surface area contributed by atoms with Gasteiger partial charge in [-0.15, -0.1) is 0 Å². The summed E-state index contributed by atoms with van der Waals surface area (Å²) in [4.78, 5) is 25.0. The fraction of sp³-hybridized carbons (Fsp3) is 0.304. The van der Waals surface area contributed by atoms with Gasteiger partial charge in [0, 0.05) is 37.1 Å². The molecule has 0 saturated heterocycles. The van der Waals surface area contributed by atoms with E-state index in [4.69, 9.17) is 4.74 Å². The van der Waals surface area contributed by atoms with E-state index < -0.39 is 11.7 Å². The van der Waals surface area contributed by atoms with Gasteiger partial charge in [0.2, 0.25) is 0 Å². The van der Waals surface area contributed by atoms with E-state index in [0.717, 1.165) is 28.2 Å². The van der Waals surface area contributed by atoms with Crippen LogP contribution >= 0.6 is 0 Å². The van der Waals surface area contributed by atoms with E-state index >= 15 is 0 Å². The quantitative estimate of drug-likeness (QED) is 0.628. The zero-order chi connectivity index (χ0) is 21.6. The number of aryl methyl sites for hydroxylation is 1. The highest BCUT2D eigenvalue weighted by atomic mass is 16.6. The maximum Gasteiger partial charge on any atom is 0.407 e. The molecule has 3 rings (SSSR count). The van der Waals surface area contributed by atoms with Crippen molar-refractivity contribution in [2.75, 3.05) is 5.32 Å². The van der Waals surface area contributed by atoms with Gasteiger partial charge in [0.15, 0.2) is 0 Å². The maximum atomic E-state index is 12.0. The van der Waals surface area contributed by atoms with Gasteiger partial charge in [0.25, 0.3) is 0 Å². The predicted molar refractivity (Wildman–Crippen MR) is 117 cm³/mol. The molecule has 0 aliphatic heterocycles. The molecule has 2 N–H and O–H groups in total. The van der Waals surface area contributed by atoms with Gasteiger partial charge in [0.05, 0.1) is 5.69 Å². The van der Waals surface area contributed by atoms with Gasteiger partial charge in [-0.3, -0.25) is 4.98 Å². The first-order chi connectivity index (χ1) is 14.3. The van der Waals surface area contributed by atoms with E-state index in [-0.39, 0.29) is 0 Å². The van der Waals surface area contributed by atoms with E-state index in [2.05, 4.69) is 25.6 Å². The summed E-state index contributed by atoms with van der Waals surface area (Å²) >= 11 is 0. The first-order valence-electron chi connectivity index (χ1n) is 9.84. The van der Waals surface area contributed by atoms with Gasteiger partial charge < -0.3 is 15.4 Å². The highest BCUT2D eigenvalue weighted by molar-refractivity contribution is 5.67. The number of nitrogens with one attached hydrogen (secondary N) is 2. The number of hydrogen-bond donors (Lipinski definition) is 2. The van der Waals surface area contributed by atoms with Crippen LogP contribution in [0.3, 0.4) is 0 Å². The molecule has 2 aromatic heterocycles. The van der Waals surface area contributed by atoms with Crippen molar-refractivity contribution in [3.05, 3.63) is 71.8 Å². The summed E-state index contributed by atoms with van der Waals surface area (Å²) < 4.78 is 5.31. The molecular weight excluding hydrogens is 378 g/mol. The monoisotopic (exact) mass is 405 g/mol. The van der Waals surface area contributed by atoms with Gasteiger partial charge >= 0.3 is 6.09 Å². The molecule has 0 saturated carbocycles. The molecule has 1 aromatic carbocycles. The number of alkyl carbamates (subject to hydrolysis) is 1. The number of carbonyl (C=O) groups excluding carboxylic acids is 1. The number of pyridine rings is 1. The van der Waals surface area contributed by atoms with Crippen molar-refractivity contribution in [3.63, 3.8) is 0 Å². The van der Waals surface area contributed by atoms with Gasteiger partial charge in [-0.25, -0.2) is 14.8 Å². The number of ether oxygens (including phenoxy) is 1. The van der Waals surface area contributed by atoms with Crippen LogP contribution in [0.15, 0.2) is 54.9 Å². The van der Waals surface area contributed by atoms with Crippen LogP contribution in [0.4, 0.5) is 10.6 Å². The van der Waals surface area contributed by atoms with Crippen molar-refractivity contribution in [1.29, 1.82) is 0 Å². The summed E-state index contributed by atoms with van der Waals surface area (Å²) in [6.45, 7) is 8.35. The Balaban J connectivity index is 1.68. The van der Waals surface area contributed by atoms with Crippen molar-refractivity contribution < 1.29 is 9.53 Å². The smallest absolute Gasteiger partial charge is 0.407 e. The topological polar surface area (TPSA) is 89.0 Å². The number of amides is 1. The lowest BCUT2D eigenvalue weighted by Crippen LogP contribution is -2.32. The second kappa shape index (κ2) is 9.35. The summed E-state index contributed by atoms with van der Waals surface area (Å²) in [6.07, 6.45) is 3.06. The molecule has 0 spiro atoms. The lowest BCUT2D eigenvalue weighted by atomic mass is 10.1. The van der Waals surface area contributed by atoms with Gasteiger partial charge in [-0.2, -0.15) is 0 Å². The van der Waals surface area contributed by atoms with Crippen LogP contribution in [0.5, 0.6) is 0 Å². The van der Waals surface area contributed by atoms with Crippen LogP contribution < -0.4 is 10.6 Å². The Hall–Kier alpha value is -3.48. The number of hydrogen-bond acceptors (Lipinski definition) is 6. The fourth-order valence-electron chi connectivity index (χ4n) is 2.90. The Morgan fingerprint density at radius 2 is 1.67 bits per heavy atom. The first kappa shape index (κ1) is 21.2. The summed E-state index contributed by atoms with van der Waals surface area (Å²) in [5.41, 5.74) is 3.38. The van der Waals surface area contributed by atoms with Gasteiger partial charge in [0.1, 0.15) is 17.2 Å². The number of anilines is 1. The number of aromatic nitrogens is 3. The molecule has 0 fully saturated rings. The SMILES string of the molecule is Cc1nc(NCc2ccccc2CNC(=O)OC(C)(C)C)cc(-c2ccncc2)n1. The first-order valence-corrected chi connectivity index (χ1v) is 9.84. The fourth-order valence-corrected chi connectivity index (χ4v) is 2.90. The molecule has 0 aliphatic rings. The number of carbonyl (C=O) groups is 1. The maximum absolute atomic E-state index is 12.0. The second-order valence-corrected chi connectivity index (χ2v) is 7.90. The standard InChI is InChI=1S/C23H27N5O2/c1-16-27-20(17-9-11-24-12-10-17)13-21(28-16)25-14-18-7-5-6-8-19(18)15-26-22(29)30-23(2,3)4/h5-13H,14-15H2,1-4H3,(H,26,29)(H,25,27,28). The average molecular weight is 406 g/mol. The van der Waals surface area contributed by atoms with Crippen LogP contribution in [0.25, 0.3) is 11.3 Å². The van der Waals surface area contributed by atoms with Crippen molar-refractivity contribution in [1.82, 2.24) is 20.3 Å². The Kier molecular flexibility index (Phi) is 6.61. The van der Waals surface area contributed by atoms with E-state index in [9.17, 15) is 4.79 Å². The summed E-state index contributed by atoms with van der Waals surface area (Å²) in [5.74, 6) is 1.43. The minimum absolute atomic E-state index is 0.387. The van der Waals surface area contributed by atoms with Crippen molar-refractivity contribution in [2.24, 2.45) is 0 Å². The van der Waals surface area contributed by atoms with Crippen molar-refractivity contribution >= 4 is 11.9 Å². The molecule has 7 heteroatoms. The number of rotatable bonds is 6. The Morgan fingerprint density at radius 3 is 2.33 bits per heavy atom. The van der Waals surface area contributed by atoms with Crippen LogP contribution in [0.1, 0.15) is 37.7 Å². The zero-order valence-corrected chi connectivity index (χ0v) is 17.8. The molecule has 0 atom stereocenters. The van der Waals surface area contributed by atoms with E-state index in [1.54, 1.807) is 12.4 Å². The Bertz CT molecular complexity index is 1000. The normalized spacial score (nSPS) is 11.1. The summed E-state index contributed by atoms with van der Waals surface area (Å²) in [5, 5.41) is 6.18. The van der Waals surface area contributed by atoms with Gasteiger partial charge in [-0.1, -0.05) is 24.3 Å². The number of nitrogens with zero attached hydrogens (tertiary/aromatic N) is 3. The van der Waals surface area contributed by atoms with Crippen LogP contribution in [0, 0.1) is 6.92 Å². The predicted octanol–water partition coefficient (Wildman–Crippen LogP) is 4.48. The molecule has 1 amide bonds. The van der Waals surface area contributed by atoms with Crippen LogP contribution in [0.2, 0.25) is 0 Å². The molecule has 7 nitrogen and oxygen atoms in total. The molecule has 0 unspecified atom stereocenters. The minimum atomic E-state index is -0.525. The van der Waals surface area contributed by atoms with Gasteiger partial charge in [-0.05, 0) is 51.0 Å². The molecule has 2 heterocycles.